The lowest BCUT2D eigenvalue weighted by Gasteiger charge is -2.06. The molecule has 54 valence electrons. The molecule has 10 heavy (non-hydrogen) atoms. The van der Waals surface area contributed by atoms with Gasteiger partial charge in [-0.05, 0) is 11.6 Å². The summed E-state index contributed by atoms with van der Waals surface area (Å²) in [5, 5.41) is 8.35. The highest BCUT2D eigenvalue weighted by Crippen LogP contribution is 2.06. The van der Waals surface area contributed by atoms with Crippen molar-refractivity contribution in [1.29, 1.82) is 0 Å². The van der Waals surface area contributed by atoms with Gasteiger partial charge >= 0.3 is 5.97 Å². The minimum atomic E-state index is -0.815. The van der Waals surface area contributed by atoms with Crippen LogP contribution in [0.2, 0.25) is 0 Å². The Labute approximate surface area is 58.6 Å². The van der Waals surface area contributed by atoms with Gasteiger partial charge in [-0.25, -0.2) is 0 Å². The summed E-state index contributed by atoms with van der Waals surface area (Å²) in [6, 6.07) is 0. The van der Waals surface area contributed by atoms with Gasteiger partial charge in [0.1, 0.15) is 6.61 Å². The molecule has 0 atom stereocenters. The molecule has 0 saturated heterocycles. The lowest BCUT2D eigenvalue weighted by molar-refractivity contribution is -0.136. The molecule has 3 heteroatoms. The van der Waals surface area contributed by atoms with Crippen LogP contribution < -0.4 is 0 Å². The van der Waals surface area contributed by atoms with Crippen LogP contribution in [0.3, 0.4) is 0 Å². The molecule has 1 heterocycles. The van der Waals surface area contributed by atoms with E-state index in [2.05, 4.69) is 0 Å². The molecule has 3 nitrogen and oxygen atoms in total. The highest BCUT2D eigenvalue weighted by atomic mass is 16.5. The predicted molar refractivity (Wildman–Crippen MR) is 35.4 cm³/mol. The van der Waals surface area contributed by atoms with E-state index in [0.29, 0.717) is 6.61 Å². The van der Waals surface area contributed by atoms with Crippen molar-refractivity contribution in [2.24, 2.45) is 0 Å². The second-order valence-electron chi connectivity index (χ2n) is 2.03. The first-order valence-electron chi connectivity index (χ1n) is 2.97. The molecule has 0 aromatic heterocycles. The maximum Gasteiger partial charge on any atom is 0.307 e. The number of aliphatic carboxylic acids is 1. The second kappa shape index (κ2) is 3.06. The lowest BCUT2D eigenvalue weighted by Crippen LogP contribution is -2.03. The number of carbonyl (C=O) groups is 1. The molecular weight excluding hydrogens is 132 g/mol. The molecule has 0 aliphatic carbocycles. The summed E-state index contributed by atoms with van der Waals surface area (Å²) in [5.74, 6) is -0.815. The zero-order valence-electron chi connectivity index (χ0n) is 5.41. The third-order valence-corrected chi connectivity index (χ3v) is 1.15. The summed E-state index contributed by atoms with van der Waals surface area (Å²) >= 11 is 0. The first-order chi connectivity index (χ1) is 4.79. The number of carboxylic acids is 1. The molecule has 0 spiro atoms. The fourth-order valence-electron chi connectivity index (χ4n) is 0.738. The molecule has 1 rings (SSSR count). The van der Waals surface area contributed by atoms with Crippen molar-refractivity contribution < 1.29 is 14.6 Å². The van der Waals surface area contributed by atoms with Crippen LogP contribution in [-0.4, -0.2) is 17.7 Å². The highest BCUT2D eigenvalue weighted by Gasteiger charge is 2.04. The maximum absolute atomic E-state index is 10.1. The van der Waals surface area contributed by atoms with E-state index in [4.69, 9.17) is 9.84 Å². The molecule has 0 saturated carbocycles. The maximum atomic E-state index is 10.1. The molecular formula is C7H8O3. The number of hydrogen-bond acceptors (Lipinski definition) is 2. The van der Waals surface area contributed by atoms with Crippen molar-refractivity contribution in [2.45, 2.75) is 6.42 Å². The van der Waals surface area contributed by atoms with Gasteiger partial charge in [-0.1, -0.05) is 6.08 Å². The largest absolute Gasteiger partial charge is 0.497 e. The summed E-state index contributed by atoms with van der Waals surface area (Å²) < 4.78 is 4.87. The zero-order chi connectivity index (χ0) is 7.40. The average molecular weight is 140 g/mol. The van der Waals surface area contributed by atoms with Crippen LogP contribution >= 0.6 is 0 Å². The highest BCUT2D eigenvalue weighted by molar-refractivity contribution is 5.70. The Hall–Kier alpha value is -1.25. The standard InChI is InChI=1S/C7H8O3/c8-7(9)4-6-2-1-3-10-5-6/h1-3H,4-5H2,(H,8,9). The average Bonchev–Trinajstić information content (AvgIpc) is 1.88. The first kappa shape index (κ1) is 6.86. The summed E-state index contributed by atoms with van der Waals surface area (Å²) in [5.41, 5.74) is 0.801. The van der Waals surface area contributed by atoms with Gasteiger partial charge in [0.15, 0.2) is 0 Å². The zero-order valence-corrected chi connectivity index (χ0v) is 5.41. The molecule has 1 aliphatic rings. The van der Waals surface area contributed by atoms with Crippen LogP contribution in [0.25, 0.3) is 0 Å². The number of hydrogen-bond donors (Lipinski definition) is 1. The van der Waals surface area contributed by atoms with Crippen molar-refractivity contribution in [1.82, 2.24) is 0 Å². The summed E-state index contributed by atoms with van der Waals surface area (Å²) in [6.45, 7) is 0.406. The molecule has 0 bridgehead atoms. The van der Waals surface area contributed by atoms with Crippen molar-refractivity contribution in [3.8, 4) is 0 Å². The Balaban J connectivity index is 2.47. The van der Waals surface area contributed by atoms with Crippen LogP contribution in [0, 0.1) is 0 Å². The van der Waals surface area contributed by atoms with E-state index in [9.17, 15) is 4.79 Å². The van der Waals surface area contributed by atoms with E-state index in [0.717, 1.165) is 5.57 Å². The molecule has 0 radical (unpaired) electrons. The van der Waals surface area contributed by atoms with E-state index in [1.54, 1.807) is 18.4 Å². The van der Waals surface area contributed by atoms with Crippen LogP contribution in [0.4, 0.5) is 0 Å². The van der Waals surface area contributed by atoms with Gasteiger partial charge in [0, 0.05) is 0 Å². The van der Waals surface area contributed by atoms with E-state index in [1.807, 2.05) is 0 Å². The van der Waals surface area contributed by atoms with Gasteiger partial charge in [-0.3, -0.25) is 4.79 Å². The minimum absolute atomic E-state index is 0.0737. The fourth-order valence-corrected chi connectivity index (χ4v) is 0.738. The third-order valence-electron chi connectivity index (χ3n) is 1.15. The van der Waals surface area contributed by atoms with Crippen molar-refractivity contribution in [2.75, 3.05) is 6.61 Å². The van der Waals surface area contributed by atoms with Crippen molar-refractivity contribution in [3.05, 3.63) is 24.0 Å². The van der Waals surface area contributed by atoms with E-state index < -0.39 is 5.97 Å². The summed E-state index contributed by atoms with van der Waals surface area (Å²) in [4.78, 5) is 10.1. The van der Waals surface area contributed by atoms with Crippen LogP contribution in [0.15, 0.2) is 24.0 Å². The van der Waals surface area contributed by atoms with E-state index >= 15 is 0 Å². The molecule has 1 N–H and O–H groups in total. The Morgan fingerprint density at radius 3 is 3.10 bits per heavy atom. The molecule has 0 unspecified atom stereocenters. The first-order valence-corrected chi connectivity index (χ1v) is 2.97. The van der Waals surface area contributed by atoms with Gasteiger partial charge in [-0.15, -0.1) is 0 Å². The van der Waals surface area contributed by atoms with Gasteiger partial charge in [0.05, 0.1) is 12.7 Å². The van der Waals surface area contributed by atoms with Crippen molar-refractivity contribution in [3.63, 3.8) is 0 Å². The second-order valence-corrected chi connectivity index (χ2v) is 2.03. The molecule has 1 aliphatic heterocycles. The third kappa shape index (κ3) is 1.93. The number of rotatable bonds is 2. The van der Waals surface area contributed by atoms with E-state index in [-0.39, 0.29) is 6.42 Å². The Bertz CT molecular complexity index is 191. The van der Waals surface area contributed by atoms with Gasteiger partial charge in [0.2, 0.25) is 0 Å². The SMILES string of the molecule is O=C(O)CC1=CC=COC1. The van der Waals surface area contributed by atoms with Crippen LogP contribution in [-0.2, 0) is 9.53 Å². The number of carboxylic acid groups (broad SMARTS) is 1. The summed E-state index contributed by atoms with van der Waals surface area (Å²) in [6.07, 6.45) is 5.08. The smallest absolute Gasteiger partial charge is 0.307 e. The monoisotopic (exact) mass is 140 g/mol. The molecule has 0 aromatic rings. The minimum Gasteiger partial charge on any atom is -0.497 e. The fraction of sp³-hybridized carbons (Fsp3) is 0.286. The van der Waals surface area contributed by atoms with Gasteiger partial charge < -0.3 is 9.84 Å². The van der Waals surface area contributed by atoms with Crippen molar-refractivity contribution >= 4 is 5.97 Å². The van der Waals surface area contributed by atoms with Gasteiger partial charge in [-0.2, -0.15) is 0 Å². The van der Waals surface area contributed by atoms with E-state index in [1.165, 1.54) is 0 Å². The number of ether oxygens (including phenoxy) is 1. The Kier molecular flexibility index (Phi) is 2.10. The molecule has 0 fully saturated rings. The topological polar surface area (TPSA) is 46.5 Å². The number of allylic oxidation sites excluding steroid dienone is 2. The predicted octanol–water partition coefficient (Wildman–Crippen LogP) is 0.931. The van der Waals surface area contributed by atoms with Crippen LogP contribution in [0.5, 0.6) is 0 Å². The van der Waals surface area contributed by atoms with Gasteiger partial charge in [0.25, 0.3) is 0 Å². The quantitative estimate of drug-likeness (QED) is 0.620. The Morgan fingerprint density at radius 2 is 2.60 bits per heavy atom. The lowest BCUT2D eigenvalue weighted by atomic mass is 10.2. The molecule has 0 aromatic carbocycles. The normalized spacial score (nSPS) is 15.8. The van der Waals surface area contributed by atoms with Crippen LogP contribution in [0.1, 0.15) is 6.42 Å². The Morgan fingerprint density at radius 1 is 1.80 bits per heavy atom. The summed E-state index contributed by atoms with van der Waals surface area (Å²) in [7, 11) is 0. The molecule has 0 amide bonds.